The molecule has 2 aliphatic heterocycles. The fraction of sp³-hybridized carbons (Fsp3) is 0.240. The van der Waals surface area contributed by atoms with Crippen LogP contribution in [0.25, 0.3) is 6.08 Å². The number of carbonyl (C=O) groups excluding carboxylic acids is 1. The SMILES string of the molecule is CCOC(=O)C1=C(C)N=c2s/c(=C/c3cc4c(cc3Cl)OCO4)c(=O)n2[C@@H]1c1ccccc1OC. The first-order valence-corrected chi connectivity index (χ1v) is 12.0. The molecule has 0 spiro atoms. The molecule has 2 aliphatic rings. The Morgan fingerprint density at radius 2 is 2.03 bits per heavy atom. The molecule has 3 aromatic rings. The molecular formula is C25H21ClN2O6S. The summed E-state index contributed by atoms with van der Waals surface area (Å²) in [7, 11) is 1.55. The number of thiazole rings is 1. The molecule has 0 radical (unpaired) electrons. The maximum absolute atomic E-state index is 13.7. The van der Waals surface area contributed by atoms with Gasteiger partial charge in [-0.05, 0) is 37.6 Å². The van der Waals surface area contributed by atoms with Gasteiger partial charge in [-0.2, -0.15) is 0 Å². The third-order valence-corrected chi connectivity index (χ3v) is 7.04. The van der Waals surface area contributed by atoms with Crippen LogP contribution < -0.4 is 29.1 Å². The number of ether oxygens (including phenoxy) is 4. The fourth-order valence-electron chi connectivity index (χ4n) is 4.16. The van der Waals surface area contributed by atoms with Crippen molar-refractivity contribution in [1.29, 1.82) is 0 Å². The van der Waals surface area contributed by atoms with Crippen LogP contribution in [-0.2, 0) is 9.53 Å². The standard InChI is InChI=1S/C25H21ClN2O6S/c1-4-32-24(30)21-13(2)27-25-28(22(21)15-7-5-6-8-17(15)31-3)23(29)20(35-25)10-14-9-18-19(11-16(14)26)34-12-33-18/h5-11,22H,4,12H2,1-3H3/b20-10+/t22-/m1/s1. The predicted octanol–water partition coefficient (Wildman–Crippen LogP) is 3.19. The molecule has 0 amide bonds. The lowest BCUT2D eigenvalue weighted by Gasteiger charge is -2.25. The monoisotopic (exact) mass is 512 g/mol. The van der Waals surface area contributed by atoms with Gasteiger partial charge in [0.25, 0.3) is 5.56 Å². The number of para-hydroxylation sites is 1. The zero-order valence-corrected chi connectivity index (χ0v) is 20.7. The molecule has 0 bridgehead atoms. The van der Waals surface area contributed by atoms with Gasteiger partial charge < -0.3 is 18.9 Å². The summed E-state index contributed by atoms with van der Waals surface area (Å²) in [4.78, 5) is 31.8. The lowest BCUT2D eigenvalue weighted by Crippen LogP contribution is -2.40. The number of aromatic nitrogens is 1. The highest BCUT2D eigenvalue weighted by molar-refractivity contribution is 7.07. The number of halogens is 1. The third kappa shape index (κ3) is 4.00. The number of esters is 1. The van der Waals surface area contributed by atoms with E-state index >= 15 is 0 Å². The van der Waals surface area contributed by atoms with Gasteiger partial charge in [-0.1, -0.05) is 41.1 Å². The number of hydrogen-bond acceptors (Lipinski definition) is 8. The minimum absolute atomic E-state index is 0.117. The number of methoxy groups -OCH3 is 1. The minimum Gasteiger partial charge on any atom is -0.496 e. The van der Waals surface area contributed by atoms with Crippen LogP contribution in [0, 0.1) is 0 Å². The van der Waals surface area contributed by atoms with Crippen LogP contribution in [0.15, 0.2) is 57.5 Å². The molecule has 35 heavy (non-hydrogen) atoms. The normalized spacial score (nSPS) is 16.7. The molecule has 1 aromatic heterocycles. The summed E-state index contributed by atoms with van der Waals surface area (Å²) in [5, 5.41) is 0.421. The number of fused-ring (bicyclic) bond motifs is 2. The summed E-state index contributed by atoms with van der Waals surface area (Å²) in [6.45, 7) is 3.78. The summed E-state index contributed by atoms with van der Waals surface area (Å²) >= 11 is 7.66. The zero-order valence-electron chi connectivity index (χ0n) is 19.2. The molecule has 10 heteroatoms. The first-order valence-electron chi connectivity index (χ1n) is 10.8. The van der Waals surface area contributed by atoms with E-state index in [1.807, 2.05) is 18.2 Å². The maximum Gasteiger partial charge on any atom is 0.338 e. The molecule has 0 unspecified atom stereocenters. The average Bonchev–Trinajstić information content (AvgIpc) is 3.42. The molecule has 180 valence electrons. The Labute approximate surface area is 209 Å². The largest absolute Gasteiger partial charge is 0.496 e. The van der Waals surface area contributed by atoms with Crippen molar-refractivity contribution < 1.29 is 23.7 Å². The van der Waals surface area contributed by atoms with Crippen LogP contribution in [-0.4, -0.2) is 31.0 Å². The van der Waals surface area contributed by atoms with Crippen molar-refractivity contribution >= 4 is 35.0 Å². The van der Waals surface area contributed by atoms with E-state index < -0.39 is 12.0 Å². The molecule has 8 nitrogen and oxygen atoms in total. The molecule has 0 saturated carbocycles. The van der Waals surface area contributed by atoms with Crippen LogP contribution in [0.1, 0.15) is 31.0 Å². The van der Waals surface area contributed by atoms with Crippen LogP contribution >= 0.6 is 22.9 Å². The van der Waals surface area contributed by atoms with Crippen molar-refractivity contribution in [1.82, 2.24) is 4.57 Å². The van der Waals surface area contributed by atoms with Gasteiger partial charge in [0.05, 0.1) is 34.5 Å². The summed E-state index contributed by atoms with van der Waals surface area (Å²) in [5.74, 6) is 1.13. The first-order chi connectivity index (χ1) is 16.9. The lowest BCUT2D eigenvalue weighted by molar-refractivity contribution is -0.139. The van der Waals surface area contributed by atoms with Crippen molar-refractivity contribution in [3.05, 3.63) is 83.5 Å². The van der Waals surface area contributed by atoms with Crippen molar-refractivity contribution in [2.45, 2.75) is 19.9 Å². The molecule has 2 aromatic carbocycles. The number of benzene rings is 2. The Morgan fingerprint density at radius 1 is 1.29 bits per heavy atom. The summed E-state index contributed by atoms with van der Waals surface area (Å²) < 4.78 is 23.6. The number of rotatable bonds is 5. The number of allylic oxidation sites excluding steroid dienone is 1. The third-order valence-electron chi connectivity index (χ3n) is 5.73. The highest BCUT2D eigenvalue weighted by Crippen LogP contribution is 2.37. The number of hydrogen-bond donors (Lipinski definition) is 0. The van der Waals surface area contributed by atoms with Crippen molar-refractivity contribution in [3.63, 3.8) is 0 Å². The minimum atomic E-state index is -0.768. The number of carbonyl (C=O) groups is 1. The van der Waals surface area contributed by atoms with E-state index in [0.29, 0.717) is 48.4 Å². The lowest BCUT2D eigenvalue weighted by atomic mass is 9.95. The predicted molar refractivity (Wildman–Crippen MR) is 131 cm³/mol. The van der Waals surface area contributed by atoms with Gasteiger partial charge in [0.1, 0.15) is 11.8 Å². The van der Waals surface area contributed by atoms with E-state index in [1.54, 1.807) is 45.2 Å². The van der Waals surface area contributed by atoms with Gasteiger partial charge >= 0.3 is 5.97 Å². The van der Waals surface area contributed by atoms with Crippen molar-refractivity contribution in [2.24, 2.45) is 4.99 Å². The van der Waals surface area contributed by atoms with Crippen LogP contribution in [0.3, 0.4) is 0 Å². The van der Waals surface area contributed by atoms with Crippen molar-refractivity contribution in [3.8, 4) is 17.2 Å². The van der Waals surface area contributed by atoms with Gasteiger partial charge in [0.2, 0.25) is 6.79 Å². The molecule has 0 N–H and O–H groups in total. The first kappa shape index (κ1) is 23.2. The van der Waals surface area contributed by atoms with E-state index in [4.69, 9.17) is 30.5 Å². The Morgan fingerprint density at radius 3 is 2.77 bits per heavy atom. The van der Waals surface area contributed by atoms with Gasteiger partial charge in [0.15, 0.2) is 16.3 Å². The molecule has 3 heterocycles. The van der Waals surface area contributed by atoms with Crippen LogP contribution in [0.4, 0.5) is 0 Å². The van der Waals surface area contributed by atoms with Crippen molar-refractivity contribution in [2.75, 3.05) is 20.5 Å². The number of nitrogens with zero attached hydrogens (tertiary/aromatic N) is 2. The second-order valence-electron chi connectivity index (χ2n) is 7.77. The Bertz CT molecular complexity index is 1550. The Balaban J connectivity index is 1.74. The van der Waals surface area contributed by atoms with E-state index in [9.17, 15) is 9.59 Å². The molecule has 0 fully saturated rings. The zero-order chi connectivity index (χ0) is 24.7. The van der Waals surface area contributed by atoms with Gasteiger partial charge in [-0.15, -0.1) is 0 Å². The Hall–Kier alpha value is -3.56. The summed E-state index contributed by atoms with van der Waals surface area (Å²) in [6, 6.07) is 9.90. The molecule has 5 rings (SSSR count). The highest BCUT2D eigenvalue weighted by atomic mass is 35.5. The molecule has 1 atom stereocenters. The van der Waals surface area contributed by atoms with E-state index in [1.165, 1.54) is 15.9 Å². The quantitative estimate of drug-likeness (QED) is 0.488. The smallest absolute Gasteiger partial charge is 0.338 e. The van der Waals surface area contributed by atoms with Gasteiger partial charge in [0, 0.05) is 11.6 Å². The topological polar surface area (TPSA) is 88.4 Å². The molecule has 0 aliphatic carbocycles. The van der Waals surface area contributed by atoms with Gasteiger partial charge in [-0.3, -0.25) is 9.36 Å². The summed E-state index contributed by atoms with van der Waals surface area (Å²) in [5.41, 5.74) is 1.72. The summed E-state index contributed by atoms with van der Waals surface area (Å²) in [6.07, 6.45) is 1.69. The molecule has 0 saturated heterocycles. The Kier molecular flexibility index (Phi) is 6.12. The highest BCUT2D eigenvalue weighted by Gasteiger charge is 2.35. The second-order valence-corrected chi connectivity index (χ2v) is 9.19. The van der Waals surface area contributed by atoms with E-state index in [2.05, 4.69) is 4.99 Å². The van der Waals surface area contributed by atoms with Crippen LogP contribution in [0.5, 0.6) is 17.2 Å². The van der Waals surface area contributed by atoms with Crippen LogP contribution in [0.2, 0.25) is 5.02 Å². The molecular weight excluding hydrogens is 492 g/mol. The second kappa shape index (κ2) is 9.24. The van der Waals surface area contributed by atoms with E-state index in [-0.39, 0.29) is 24.5 Å². The van der Waals surface area contributed by atoms with Gasteiger partial charge in [-0.25, -0.2) is 9.79 Å². The maximum atomic E-state index is 13.7. The fourth-order valence-corrected chi connectivity index (χ4v) is 5.41. The average molecular weight is 513 g/mol. The van der Waals surface area contributed by atoms with E-state index in [0.717, 1.165) is 0 Å².